The lowest BCUT2D eigenvalue weighted by Crippen LogP contribution is -2.17. The van der Waals surface area contributed by atoms with Crippen LogP contribution in [0.3, 0.4) is 0 Å². The third kappa shape index (κ3) is 10.8. The Balaban J connectivity index is 0. The molecule has 0 aliphatic rings. The average molecular weight is 202 g/mol. The molecule has 82 valence electrons. The van der Waals surface area contributed by atoms with Gasteiger partial charge in [-0.1, -0.05) is 27.2 Å². The van der Waals surface area contributed by atoms with Gasteiger partial charge in [0.2, 0.25) is 0 Å². The fraction of sp³-hybridized carbons (Fsp3) is 0.800. The molecular formula is C10H18O4. The summed E-state index contributed by atoms with van der Waals surface area (Å²) in [6, 6.07) is 0. The van der Waals surface area contributed by atoms with Gasteiger partial charge < -0.3 is 4.74 Å². The second kappa shape index (κ2) is 8.45. The van der Waals surface area contributed by atoms with Gasteiger partial charge in [0.15, 0.2) is 0 Å². The van der Waals surface area contributed by atoms with Crippen LogP contribution in [0, 0.1) is 5.41 Å². The van der Waals surface area contributed by atoms with Gasteiger partial charge in [-0.3, -0.25) is 4.79 Å². The van der Waals surface area contributed by atoms with Crippen LogP contribution in [-0.2, 0) is 19.1 Å². The molecule has 0 fully saturated rings. The van der Waals surface area contributed by atoms with E-state index in [-0.39, 0.29) is 17.5 Å². The first kappa shape index (κ1) is 15.3. The number of esters is 1. The quantitative estimate of drug-likeness (QED) is 0.652. The van der Waals surface area contributed by atoms with Crippen molar-refractivity contribution in [2.45, 2.75) is 40.5 Å². The molecule has 0 aliphatic carbocycles. The van der Waals surface area contributed by atoms with Crippen molar-refractivity contribution in [3.63, 3.8) is 0 Å². The predicted octanol–water partition coefficient (Wildman–Crippen LogP) is 1.79. The standard InChI is InChI=1S/C9H18O2.CO2/c1-5-9(3,4)7-8(10)11-6-2;2-1-3/h5-7H2,1-4H3;. The summed E-state index contributed by atoms with van der Waals surface area (Å²) in [5, 5.41) is 0. The van der Waals surface area contributed by atoms with Crippen LogP contribution < -0.4 is 0 Å². The summed E-state index contributed by atoms with van der Waals surface area (Å²) < 4.78 is 4.84. The SMILES string of the molecule is CCOC(=O)CC(C)(C)CC.O=C=O. The predicted molar refractivity (Wildman–Crippen MR) is 50.3 cm³/mol. The van der Waals surface area contributed by atoms with E-state index in [4.69, 9.17) is 14.3 Å². The summed E-state index contributed by atoms with van der Waals surface area (Å²) >= 11 is 0. The molecule has 0 saturated heterocycles. The first-order valence-electron chi connectivity index (χ1n) is 4.58. The van der Waals surface area contributed by atoms with Crippen LogP contribution in [0.4, 0.5) is 0 Å². The Bertz CT molecular complexity index is 190. The highest BCUT2D eigenvalue weighted by Gasteiger charge is 2.19. The Kier molecular flexibility index (Phi) is 9.25. The van der Waals surface area contributed by atoms with Gasteiger partial charge in [0.05, 0.1) is 13.0 Å². The van der Waals surface area contributed by atoms with E-state index in [1.165, 1.54) is 0 Å². The molecule has 0 aromatic heterocycles. The monoisotopic (exact) mass is 202 g/mol. The molecule has 0 unspecified atom stereocenters. The second-order valence-electron chi connectivity index (χ2n) is 3.58. The van der Waals surface area contributed by atoms with Crippen molar-refractivity contribution in [1.82, 2.24) is 0 Å². The number of hydrogen-bond acceptors (Lipinski definition) is 4. The molecule has 0 aromatic carbocycles. The number of hydrogen-bond donors (Lipinski definition) is 0. The Labute approximate surface area is 84.6 Å². The minimum Gasteiger partial charge on any atom is -0.466 e. The van der Waals surface area contributed by atoms with Gasteiger partial charge in [-0.2, -0.15) is 9.59 Å². The fourth-order valence-corrected chi connectivity index (χ4v) is 0.728. The molecule has 0 saturated carbocycles. The summed E-state index contributed by atoms with van der Waals surface area (Å²) in [5.74, 6) is -0.0839. The van der Waals surface area contributed by atoms with Crippen molar-refractivity contribution >= 4 is 12.1 Å². The number of carbonyl (C=O) groups is 1. The second-order valence-corrected chi connectivity index (χ2v) is 3.58. The van der Waals surface area contributed by atoms with E-state index in [2.05, 4.69) is 20.8 Å². The van der Waals surface area contributed by atoms with Crippen LogP contribution in [0.25, 0.3) is 0 Å². The van der Waals surface area contributed by atoms with Gasteiger partial charge in [0, 0.05) is 0 Å². The van der Waals surface area contributed by atoms with Crippen LogP contribution in [0.1, 0.15) is 40.5 Å². The first-order valence-corrected chi connectivity index (χ1v) is 4.58. The highest BCUT2D eigenvalue weighted by atomic mass is 16.5. The van der Waals surface area contributed by atoms with Crippen molar-refractivity contribution in [2.24, 2.45) is 5.41 Å². The molecule has 0 aromatic rings. The highest BCUT2D eigenvalue weighted by molar-refractivity contribution is 5.70. The summed E-state index contributed by atoms with van der Waals surface area (Å²) in [5.41, 5.74) is 0.0895. The largest absolute Gasteiger partial charge is 0.466 e. The van der Waals surface area contributed by atoms with Gasteiger partial charge in [0.25, 0.3) is 0 Å². The van der Waals surface area contributed by atoms with Gasteiger partial charge in [-0.05, 0) is 12.3 Å². The zero-order chi connectivity index (χ0) is 11.6. The molecular weight excluding hydrogens is 184 g/mol. The lowest BCUT2D eigenvalue weighted by atomic mass is 9.87. The minimum absolute atomic E-state index is 0.0839. The summed E-state index contributed by atoms with van der Waals surface area (Å²) in [7, 11) is 0. The Hall–Kier alpha value is -1.15. The normalized spacial score (nSPS) is 9.43. The summed E-state index contributed by atoms with van der Waals surface area (Å²) in [6.45, 7) is 8.54. The molecule has 0 rings (SSSR count). The number of ether oxygens (including phenoxy) is 1. The third-order valence-electron chi connectivity index (χ3n) is 1.89. The van der Waals surface area contributed by atoms with Gasteiger partial charge in [0.1, 0.15) is 0 Å². The fourth-order valence-electron chi connectivity index (χ4n) is 0.728. The molecule has 4 heteroatoms. The zero-order valence-corrected chi connectivity index (χ0v) is 9.25. The molecule has 0 heterocycles. The van der Waals surface area contributed by atoms with E-state index in [9.17, 15) is 4.79 Å². The highest BCUT2D eigenvalue weighted by Crippen LogP contribution is 2.24. The number of rotatable bonds is 4. The lowest BCUT2D eigenvalue weighted by molar-refractivity contribution is -0.191. The van der Waals surface area contributed by atoms with Crippen molar-refractivity contribution in [1.29, 1.82) is 0 Å². The van der Waals surface area contributed by atoms with E-state index in [1.54, 1.807) is 0 Å². The van der Waals surface area contributed by atoms with E-state index in [1.807, 2.05) is 6.92 Å². The van der Waals surface area contributed by atoms with Crippen LogP contribution in [0.2, 0.25) is 0 Å². The zero-order valence-electron chi connectivity index (χ0n) is 9.25. The van der Waals surface area contributed by atoms with Crippen molar-refractivity contribution in [3.05, 3.63) is 0 Å². The van der Waals surface area contributed by atoms with E-state index in [0.29, 0.717) is 13.0 Å². The topological polar surface area (TPSA) is 60.4 Å². The maximum atomic E-state index is 11.0. The average Bonchev–Trinajstić information content (AvgIpc) is 2.05. The van der Waals surface area contributed by atoms with E-state index < -0.39 is 0 Å². The van der Waals surface area contributed by atoms with Crippen LogP contribution in [0.5, 0.6) is 0 Å². The van der Waals surface area contributed by atoms with Crippen molar-refractivity contribution in [2.75, 3.05) is 6.61 Å². The van der Waals surface area contributed by atoms with Gasteiger partial charge >= 0.3 is 12.1 Å². The Morgan fingerprint density at radius 1 is 1.29 bits per heavy atom. The third-order valence-corrected chi connectivity index (χ3v) is 1.89. The molecule has 0 bridgehead atoms. The van der Waals surface area contributed by atoms with Crippen molar-refractivity contribution in [3.8, 4) is 0 Å². The summed E-state index contributed by atoms with van der Waals surface area (Å²) in [6.07, 6.45) is 1.78. The molecule has 0 spiro atoms. The number of carbonyl (C=O) groups excluding carboxylic acids is 3. The Morgan fingerprint density at radius 3 is 2.00 bits per heavy atom. The summed E-state index contributed by atoms with van der Waals surface area (Å²) in [4.78, 5) is 27.2. The van der Waals surface area contributed by atoms with E-state index in [0.717, 1.165) is 6.42 Å². The van der Waals surface area contributed by atoms with Crippen molar-refractivity contribution < 1.29 is 19.1 Å². The Morgan fingerprint density at radius 2 is 1.71 bits per heavy atom. The molecule has 0 atom stereocenters. The maximum absolute atomic E-state index is 11.0. The molecule has 4 nitrogen and oxygen atoms in total. The van der Waals surface area contributed by atoms with Crippen LogP contribution in [-0.4, -0.2) is 18.7 Å². The van der Waals surface area contributed by atoms with E-state index >= 15 is 0 Å². The van der Waals surface area contributed by atoms with Gasteiger partial charge in [-0.25, -0.2) is 0 Å². The molecule has 14 heavy (non-hydrogen) atoms. The molecule has 0 radical (unpaired) electrons. The van der Waals surface area contributed by atoms with Crippen LogP contribution >= 0.6 is 0 Å². The van der Waals surface area contributed by atoms with Gasteiger partial charge in [-0.15, -0.1) is 0 Å². The first-order chi connectivity index (χ1) is 6.43. The lowest BCUT2D eigenvalue weighted by Gasteiger charge is -2.20. The smallest absolute Gasteiger partial charge is 0.373 e. The molecule has 0 aliphatic heterocycles. The van der Waals surface area contributed by atoms with Crippen LogP contribution in [0.15, 0.2) is 0 Å². The molecule has 0 N–H and O–H groups in total. The molecule has 0 amide bonds. The minimum atomic E-state index is -0.0839. The maximum Gasteiger partial charge on any atom is 0.373 e.